The van der Waals surface area contributed by atoms with Crippen molar-refractivity contribution in [2.24, 2.45) is 0 Å². The first-order valence-electron chi connectivity index (χ1n) is 10.5. The van der Waals surface area contributed by atoms with Crippen molar-refractivity contribution in [1.82, 2.24) is 9.78 Å². The molecule has 4 aromatic rings. The Bertz CT molecular complexity index is 1470. The minimum Gasteiger partial charge on any atom is -0.493 e. The molecule has 180 valence electrons. The number of carboxylic acids is 1. The minimum atomic E-state index is -4.12. The second-order valence-corrected chi connectivity index (χ2v) is 9.29. The molecule has 1 heterocycles. The zero-order valence-corrected chi connectivity index (χ0v) is 19.8. The Hall–Kier alpha value is -4.31. The maximum Gasteiger partial charge on any atom is 0.337 e. The molecule has 0 fully saturated rings. The van der Waals surface area contributed by atoms with Crippen molar-refractivity contribution in [3.63, 3.8) is 0 Å². The van der Waals surface area contributed by atoms with Gasteiger partial charge in [0.25, 0.3) is 10.0 Å². The number of sulfonamides is 1. The van der Waals surface area contributed by atoms with Crippen LogP contribution in [0.25, 0.3) is 11.1 Å². The Morgan fingerprint density at radius 2 is 1.69 bits per heavy atom. The molecule has 0 atom stereocenters. The van der Waals surface area contributed by atoms with E-state index in [2.05, 4.69) is 9.82 Å². The molecule has 0 saturated heterocycles. The Balaban J connectivity index is 1.63. The van der Waals surface area contributed by atoms with Crippen LogP contribution in [0.15, 0.2) is 84.0 Å². The van der Waals surface area contributed by atoms with Gasteiger partial charge in [0.15, 0.2) is 11.5 Å². The lowest BCUT2D eigenvalue weighted by molar-refractivity contribution is 0.0697. The first-order chi connectivity index (χ1) is 16.8. The highest BCUT2D eigenvalue weighted by Crippen LogP contribution is 2.34. The number of nitrogens with one attached hydrogen (secondary N) is 1. The smallest absolute Gasteiger partial charge is 0.337 e. The average molecular weight is 494 g/mol. The highest BCUT2D eigenvalue weighted by Gasteiger charge is 2.22. The summed E-state index contributed by atoms with van der Waals surface area (Å²) in [4.78, 5) is 11.7. The predicted molar refractivity (Wildman–Crippen MR) is 131 cm³/mol. The second kappa shape index (κ2) is 9.90. The van der Waals surface area contributed by atoms with Crippen LogP contribution in [0.1, 0.15) is 15.9 Å². The molecule has 3 aromatic carbocycles. The van der Waals surface area contributed by atoms with Gasteiger partial charge in [-0.2, -0.15) is 5.10 Å². The van der Waals surface area contributed by atoms with E-state index in [9.17, 15) is 18.3 Å². The lowest BCUT2D eigenvalue weighted by atomic mass is 10.1. The Morgan fingerprint density at radius 1 is 0.971 bits per heavy atom. The number of methoxy groups -OCH3 is 2. The summed E-state index contributed by atoms with van der Waals surface area (Å²) in [6, 6.07) is 18.7. The summed E-state index contributed by atoms with van der Waals surface area (Å²) >= 11 is 0. The van der Waals surface area contributed by atoms with Gasteiger partial charge >= 0.3 is 5.97 Å². The van der Waals surface area contributed by atoms with Crippen LogP contribution < -0.4 is 14.2 Å². The van der Waals surface area contributed by atoms with Crippen molar-refractivity contribution in [3.8, 4) is 22.6 Å². The maximum atomic E-state index is 13.2. The van der Waals surface area contributed by atoms with Gasteiger partial charge in [-0.25, -0.2) is 13.2 Å². The third-order valence-corrected chi connectivity index (χ3v) is 6.66. The van der Waals surface area contributed by atoms with Crippen molar-refractivity contribution < 1.29 is 27.8 Å². The van der Waals surface area contributed by atoms with Crippen molar-refractivity contribution >= 4 is 21.7 Å². The highest BCUT2D eigenvalue weighted by atomic mass is 32.2. The first-order valence-corrected chi connectivity index (χ1v) is 12.0. The number of benzene rings is 3. The molecule has 9 nitrogen and oxygen atoms in total. The topological polar surface area (TPSA) is 120 Å². The van der Waals surface area contributed by atoms with Crippen molar-refractivity contribution in [2.45, 2.75) is 11.4 Å². The Morgan fingerprint density at radius 3 is 2.37 bits per heavy atom. The number of ether oxygens (including phenoxy) is 2. The molecule has 0 amide bonds. The number of aromatic carboxylic acids is 1. The number of hydrogen-bond acceptors (Lipinski definition) is 6. The van der Waals surface area contributed by atoms with Crippen LogP contribution in [-0.4, -0.2) is 43.5 Å². The number of nitrogens with zero attached hydrogens (tertiary/aromatic N) is 2. The lowest BCUT2D eigenvalue weighted by Crippen LogP contribution is -2.16. The van der Waals surface area contributed by atoms with Gasteiger partial charge in [-0.15, -0.1) is 0 Å². The van der Waals surface area contributed by atoms with E-state index in [1.54, 1.807) is 23.0 Å². The minimum absolute atomic E-state index is 0.0306. The van der Waals surface area contributed by atoms with Crippen molar-refractivity contribution in [1.29, 1.82) is 0 Å². The average Bonchev–Trinajstić information content (AvgIpc) is 3.32. The molecular weight excluding hydrogens is 470 g/mol. The molecule has 4 rings (SSSR count). The zero-order valence-electron chi connectivity index (χ0n) is 19.0. The van der Waals surface area contributed by atoms with Crippen LogP contribution in [-0.2, 0) is 16.6 Å². The number of rotatable bonds is 9. The Labute approximate surface area is 202 Å². The third kappa shape index (κ3) is 5.28. The number of anilines is 1. The summed E-state index contributed by atoms with van der Waals surface area (Å²) in [5, 5.41) is 14.0. The summed E-state index contributed by atoms with van der Waals surface area (Å²) in [6.45, 7) is 0.581. The fourth-order valence-electron chi connectivity index (χ4n) is 3.56. The number of aromatic nitrogens is 2. The van der Waals surface area contributed by atoms with E-state index in [1.165, 1.54) is 38.5 Å². The van der Waals surface area contributed by atoms with Gasteiger partial charge in [0.1, 0.15) is 0 Å². The van der Waals surface area contributed by atoms with Gasteiger partial charge in [-0.3, -0.25) is 9.40 Å². The molecule has 0 unspecified atom stereocenters. The van der Waals surface area contributed by atoms with Gasteiger partial charge in [0.2, 0.25) is 0 Å². The van der Waals surface area contributed by atoms with Gasteiger partial charge in [0, 0.05) is 23.9 Å². The zero-order chi connectivity index (χ0) is 25.0. The maximum absolute atomic E-state index is 13.2. The van der Waals surface area contributed by atoms with Crippen LogP contribution in [0.4, 0.5) is 5.69 Å². The van der Waals surface area contributed by atoms with Crippen LogP contribution in [0.3, 0.4) is 0 Å². The molecule has 0 saturated carbocycles. The largest absolute Gasteiger partial charge is 0.493 e. The molecule has 35 heavy (non-hydrogen) atoms. The second-order valence-electron chi connectivity index (χ2n) is 7.60. The predicted octanol–water partition coefficient (Wildman–Crippen LogP) is 4.11. The summed E-state index contributed by atoms with van der Waals surface area (Å²) in [7, 11) is -1.39. The molecular formula is C25H23N3O6S. The quantitative estimate of drug-likeness (QED) is 0.360. The molecule has 2 N–H and O–H groups in total. The van der Waals surface area contributed by atoms with E-state index in [0.717, 1.165) is 11.1 Å². The molecule has 1 aromatic heterocycles. The third-order valence-electron chi connectivity index (χ3n) is 5.30. The van der Waals surface area contributed by atoms with Crippen LogP contribution >= 0.6 is 0 Å². The molecule has 10 heteroatoms. The van der Waals surface area contributed by atoms with Crippen LogP contribution in [0.2, 0.25) is 0 Å². The number of carboxylic acid groups (broad SMARTS) is 1. The van der Waals surface area contributed by atoms with E-state index < -0.39 is 16.0 Å². The lowest BCUT2D eigenvalue weighted by Gasteiger charge is -2.15. The Kier molecular flexibility index (Phi) is 6.74. The van der Waals surface area contributed by atoms with E-state index in [0.29, 0.717) is 12.1 Å². The first kappa shape index (κ1) is 23.8. The fourth-order valence-corrected chi connectivity index (χ4v) is 4.67. The van der Waals surface area contributed by atoms with Gasteiger partial charge in [0.05, 0.1) is 43.1 Å². The van der Waals surface area contributed by atoms with E-state index in [-0.39, 0.29) is 27.6 Å². The van der Waals surface area contributed by atoms with Crippen molar-refractivity contribution in [3.05, 3.63) is 90.3 Å². The van der Waals surface area contributed by atoms with E-state index >= 15 is 0 Å². The number of hydrogen-bond donors (Lipinski definition) is 2. The summed E-state index contributed by atoms with van der Waals surface area (Å²) in [5.74, 6) is -0.958. The summed E-state index contributed by atoms with van der Waals surface area (Å²) in [6.07, 6.45) is 3.50. The summed E-state index contributed by atoms with van der Waals surface area (Å²) in [5.41, 5.74) is 2.07. The van der Waals surface area contributed by atoms with E-state index in [1.807, 2.05) is 36.5 Å². The molecule has 0 radical (unpaired) electrons. The molecule has 0 aliphatic heterocycles. The standard InChI is InChI=1S/C25H23N3O6S/c1-33-23-12-21(25(29)30)22(13-24(23)34-2)27-35(31,32)20-10-6-9-18(11-20)19-14-26-28(16-19)15-17-7-4-3-5-8-17/h3-14,16,27H,15H2,1-2H3,(H,29,30). The SMILES string of the molecule is COc1cc(NS(=O)(=O)c2cccc(-c3cnn(Cc4ccccc4)c3)c2)c(C(=O)O)cc1OC. The normalized spacial score (nSPS) is 11.1. The molecule has 0 bridgehead atoms. The van der Waals surface area contributed by atoms with Crippen molar-refractivity contribution in [2.75, 3.05) is 18.9 Å². The summed E-state index contributed by atoms with van der Waals surface area (Å²) < 4.78 is 40.8. The molecule has 0 aliphatic carbocycles. The molecule has 0 aliphatic rings. The highest BCUT2D eigenvalue weighted by molar-refractivity contribution is 7.92. The van der Waals surface area contributed by atoms with Crippen LogP contribution in [0.5, 0.6) is 11.5 Å². The van der Waals surface area contributed by atoms with Gasteiger partial charge < -0.3 is 14.6 Å². The molecule has 0 spiro atoms. The fraction of sp³-hybridized carbons (Fsp3) is 0.120. The van der Waals surface area contributed by atoms with Gasteiger partial charge in [-0.05, 0) is 23.3 Å². The van der Waals surface area contributed by atoms with Gasteiger partial charge in [-0.1, -0.05) is 42.5 Å². The monoisotopic (exact) mass is 493 g/mol. The van der Waals surface area contributed by atoms with E-state index in [4.69, 9.17) is 9.47 Å². The van der Waals surface area contributed by atoms with Crippen LogP contribution in [0, 0.1) is 0 Å². The number of carbonyl (C=O) groups is 1.